The number of fused-ring (bicyclic) bond motifs is 1. The highest BCUT2D eigenvalue weighted by atomic mass is 35.5. The van der Waals surface area contributed by atoms with Crippen molar-refractivity contribution in [2.75, 3.05) is 26.7 Å². The predicted molar refractivity (Wildman–Crippen MR) is 136 cm³/mol. The first-order chi connectivity index (χ1) is 17.5. The van der Waals surface area contributed by atoms with Gasteiger partial charge in [0.15, 0.2) is 5.82 Å². The molecule has 1 aromatic carbocycles. The lowest BCUT2D eigenvalue weighted by Gasteiger charge is -2.27. The molecular weight excluding hydrogens is 482 g/mol. The molecule has 1 aromatic rings. The Bertz CT molecular complexity index is 1180. The van der Waals surface area contributed by atoms with Gasteiger partial charge in [0, 0.05) is 48.3 Å². The lowest BCUT2D eigenvalue weighted by atomic mass is 10.0. The van der Waals surface area contributed by atoms with E-state index in [-0.39, 0.29) is 24.4 Å². The number of rotatable bonds is 7. The molecule has 1 saturated heterocycles. The third-order valence-corrected chi connectivity index (χ3v) is 7.09. The fourth-order valence-electron chi connectivity index (χ4n) is 5.06. The minimum Gasteiger partial charge on any atom is -0.496 e. The van der Waals surface area contributed by atoms with Crippen LogP contribution in [0.25, 0.3) is 0 Å². The number of nitrogens with one attached hydrogen (secondary N) is 3. The largest absolute Gasteiger partial charge is 0.496 e. The lowest BCUT2D eigenvalue weighted by molar-refractivity contribution is -0.133. The van der Waals surface area contributed by atoms with Crippen LogP contribution in [0.2, 0.25) is 5.02 Å². The maximum Gasteiger partial charge on any atom is 0.256 e. The maximum atomic E-state index is 13.3. The van der Waals surface area contributed by atoms with Crippen LogP contribution in [0.4, 0.5) is 0 Å². The maximum absolute atomic E-state index is 13.3. The number of nitrogens with zero attached hydrogens (tertiary/aromatic N) is 4. The van der Waals surface area contributed by atoms with Gasteiger partial charge in [-0.1, -0.05) is 18.5 Å². The molecule has 0 aromatic heterocycles. The van der Waals surface area contributed by atoms with Crippen molar-refractivity contribution in [3.63, 3.8) is 0 Å². The van der Waals surface area contributed by atoms with Crippen LogP contribution in [0.1, 0.15) is 37.8 Å². The summed E-state index contributed by atoms with van der Waals surface area (Å²) in [7, 11) is 1.59. The smallest absolute Gasteiger partial charge is 0.256 e. The summed E-state index contributed by atoms with van der Waals surface area (Å²) < 4.78 is 5.58. The molecular formula is C25H30ClN7O3. The number of halogens is 1. The molecule has 5 rings (SSSR count). The van der Waals surface area contributed by atoms with E-state index in [9.17, 15) is 9.59 Å². The number of benzene rings is 1. The van der Waals surface area contributed by atoms with Gasteiger partial charge in [0.25, 0.3) is 5.91 Å². The van der Waals surface area contributed by atoms with Crippen molar-refractivity contribution in [3.05, 3.63) is 64.4 Å². The van der Waals surface area contributed by atoms with Crippen molar-refractivity contribution in [1.82, 2.24) is 31.1 Å². The Kier molecular flexibility index (Phi) is 6.99. The molecule has 11 heteroatoms. The van der Waals surface area contributed by atoms with Crippen LogP contribution in [-0.2, 0) is 9.59 Å². The monoisotopic (exact) mass is 511 g/mol. The fraction of sp³-hybridized carbons (Fsp3) is 0.400. The summed E-state index contributed by atoms with van der Waals surface area (Å²) in [4.78, 5) is 32.7. The number of likely N-dealkylation sites (tertiary alicyclic amines) is 1. The molecule has 4 aliphatic heterocycles. The van der Waals surface area contributed by atoms with Gasteiger partial charge >= 0.3 is 0 Å². The van der Waals surface area contributed by atoms with Crippen LogP contribution in [0.15, 0.2) is 58.8 Å². The summed E-state index contributed by atoms with van der Waals surface area (Å²) in [6, 6.07) is 5.15. The molecule has 0 saturated carbocycles. The highest BCUT2D eigenvalue weighted by molar-refractivity contribution is 6.30. The standard InChI is InChI=1S/C25H30ClN7O3/c1-3-17-6-4-10-32(17)22(34)15-31-14-20(23(30-31)18-12-16(26)7-8-21(18)36-2)29-25(35)19-13-28-33-11-5-9-27-24(19)33/h5,7-9,11-12,14,17,23,28,30H,3-4,6,10,13,15H2,1-2H3,(H,29,35). The lowest BCUT2D eigenvalue weighted by Crippen LogP contribution is -2.44. The molecule has 2 unspecified atom stereocenters. The number of ether oxygens (including phenoxy) is 1. The average Bonchev–Trinajstić information content (AvgIpc) is 3.62. The SMILES string of the molecule is CCC1CCCN1C(=O)CN1C=C(NC(=O)C2=C3N=CC=CN3NC2)C(c2cc(Cl)ccc2OC)N1. The van der Waals surface area contributed by atoms with Crippen LogP contribution in [0.3, 0.4) is 0 Å². The number of hydrazine groups is 2. The van der Waals surface area contributed by atoms with Crippen LogP contribution < -0.4 is 20.9 Å². The highest BCUT2D eigenvalue weighted by Gasteiger charge is 2.35. The molecule has 0 radical (unpaired) electrons. The van der Waals surface area contributed by atoms with Crippen molar-refractivity contribution in [3.8, 4) is 5.75 Å². The Morgan fingerprint density at radius 2 is 2.19 bits per heavy atom. The third kappa shape index (κ3) is 4.71. The molecule has 1 fully saturated rings. The molecule has 0 bridgehead atoms. The number of carbonyl (C=O) groups excluding carboxylic acids is 2. The number of hydrogen-bond donors (Lipinski definition) is 3. The van der Waals surface area contributed by atoms with Crippen LogP contribution >= 0.6 is 11.6 Å². The molecule has 36 heavy (non-hydrogen) atoms. The summed E-state index contributed by atoms with van der Waals surface area (Å²) >= 11 is 6.32. The quantitative estimate of drug-likeness (QED) is 0.516. The second-order valence-electron chi connectivity index (χ2n) is 9.03. The third-order valence-electron chi connectivity index (χ3n) is 6.85. The minimum atomic E-state index is -0.471. The molecule has 4 heterocycles. The van der Waals surface area contributed by atoms with Crippen molar-refractivity contribution in [2.45, 2.75) is 38.3 Å². The number of amides is 2. The molecule has 190 valence electrons. The molecule has 0 aliphatic carbocycles. The number of carbonyl (C=O) groups is 2. The molecule has 10 nitrogen and oxygen atoms in total. The molecule has 2 amide bonds. The summed E-state index contributed by atoms with van der Waals surface area (Å²) in [5.41, 5.74) is 8.34. The first kappa shape index (κ1) is 24.4. The Balaban J connectivity index is 1.40. The van der Waals surface area contributed by atoms with E-state index in [1.165, 1.54) is 0 Å². The van der Waals surface area contributed by atoms with Gasteiger partial charge in [0.1, 0.15) is 12.3 Å². The topological polar surface area (TPSA) is 102 Å². The molecule has 4 aliphatic rings. The van der Waals surface area contributed by atoms with Gasteiger partial charge in [-0.05, 0) is 43.5 Å². The molecule has 3 N–H and O–H groups in total. The van der Waals surface area contributed by atoms with E-state index in [0.717, 1.165) is 31.4 Å². The summed E-state index contributed by atoms with van der Waals surface area (Å²) in [5.74, 6) is 0.959. The van der Waals surface area contributed by atoms with Gasteiger partial charge in [-0.25, -0.2) is 15.8 Å². The van der Waals surface area contributed by atoms with Crippen molar-refractivity contribution >= 4 is 29.6 Å². The molecule has 2 atom stereocenters. The van der Waals surface area contributed by atoms with E-state index in [0.29, 0.717) is 34.4 Å². The van der Waals surface area contributed by atoms with E-state index in [1.54, 1.807) is 53.8 Å². The second kappa shape index (κ2) is 10.3. The van der Waals surface area contributed by atoms with Crippen molar-refractivity contribution in [2.24, 2.45) is 4.99 Å². The predicted octanol–water partition coefficient (Wildman–Crippen LogP) is 2.20. The zero-order valence-corrected chi connectivity index (χ0v) is 21.1. The van der Waals surface area contributed by atoms with Gasteiger partial charge in [-0.2, -0.15) is 0 Å². The summed E-state index contributed by atoms with van der Waals surface area (Å²) in [6.07, 6.45) is 10.0. The minimum absolute atomic E-state index is 0.0522. The van der Waals surface area contributed by atoms with Gasteiger partial charge < -0.3 is 20.0 Å². The van der Waals surface area contributed by atoms with Crippen molar-refractivity contribution in [1.29, 1.82) is 0 Å². The van der Waals surface area contributed by atoms with Gasteiger partial charge in [-0.3, -0.25) is 14.6 Å². The Morgan fingerprint density at radius 1 is 1.33 bits per heavy atom. The highest BCUT2D eigenvalue weighted by Crippen LogP contribution is 2.35. The fourth-order valence-corrected chi connectivity index (χ4v) is 5.24. The van der Waals surface area contributed by atoms with Gasteiger partial charge in [0.05, 0.1) is 24.4 Å². The number of hydrogen-bond acceptors (Lipinski definition) is 8. The van der Waals surface area contributed by atoms with E-state index in [1.807, 2.05) is 11.1 Å². The Morgan fingerprint density at radius 3 is 3.00 bits per heavy atom. The van der Waals surface area contributed by atoms with Gasteiger partial charge in [0.2, 0.25) is 5.91 Å². The number of methoxy groups -OCH3 is 1. The Hall–Kier alpha value is -3.34. The van der Waals surface area contributed by atoms with Crippen LogP contribution in [-0.4, -0.2) is 65.7 Å². The molecule has 0 spiro atoms. The normalized spacial score (nSPS) is 22.9. The van der Waals surface area contributed by atoms with Crippen LogP contribution in [0.5, 0.6) is 5.75 Å². The van der Waals surface area contributed by atoms with Crippen molar-refractivity contribution < 1.29 is 14.3 Å². The average molecular weight is 512 g/mol. The Labute approximate surface area is 215 Å². The van der Waals surface area contributed by atoms with E-state index >= 15 is 0 Å². The van der Waals surface area contributed by atoms with E-state index in [2.05, 4.69) is 28.1 Å². The number of aliphatic imine (C=N–C) groups is 1. The van der Waals surface area contributed by atoms with Crippen LogP contribution in [0, 0.1) is 0 Å². The van der Waals surface area contributed by atoms with Gasteiger partial charge in [-0.15, -0.1) is 0 Å². The summed E-state index contributed by atoms with van der Waals surface area (Å²) in [5, 5.41) is 7.03. The first-order valence-corrected chi connectivity index (χ1v) is 12.5. The van der Waals surface area contributed by atoms with E-state index < -0.39 is 6.04 Å². The second-order valence-corrected chi connectivity index (χ2v) is 9.47. The zero-order valence-electron chi connectivity index (χ0n) is 20.3. The zero-order chi connectivity index (χ0) is 25.2. The summed E-state index contributed by atoms with van der Waals surface area (Å²) in [6.45, 7) is 3.39. The number of allylic oxidation sites excluding steroid dienone is 1. The van der Waals surface area contributed by atoms with E-state index in [4.69, 9.17) is 16.3 Å². The first-order valence-electron chi connectivity index (χ1n) is 12.1.